The summed E-state index contributed by atoms with van der Waals surface area (Å²) in [7, 11) is 3.94. The molecule has 1 fully saturated rings. The highest BCUT2D eigenvalue weighted by Gasteiger charge is 2.31. The standard InChI is InChI=1S/C25H32N4O4S.C21H23N3O5S/c1-27(21-9-10-21)18-22-15-25(26-28(22)2)34(30,31)29(16-19-5-11-23(32-3)12-6-19)17-20-7-13-24(33-4)14-8-20;1-23-18(15-25)12-21(22-23)30(26,27)24(13-16-4-8-19(28-2)9-5-16)14-17-6-10-20(29-3)11-7-17/h5-8,11-15,21H,9-10,16-18H2,1-4H3;4-12,15H,13-14H2,1-3H3. The molecule has 16 nitrogen and oxygen atoms in total. The maximum atomic E-state index is 13.8. The number of aromatic nitrogens is 4. The lowest BCUT2D eigenvalue weighted by Gasteiger charge is -2.21. The quantitative estimate of drug-likeness (QED) is 0.0814. The molecule has 1 saturated carbocycles. The van der Waals surface area contributed by atoms with Gasteiger partial charge in [0.25, 0.3) is 20.0 Å². The van der Waals surface area contributed by atoms with Crippen molar-refractivity contribution in [1.82, 2.24) is 33.1 Å². The topological polar surface area (TPSA) is 168 Å². The molecule has 4 aromatic carbocycles. The summed E-state index contributed by atoms with van der Waals surface area (Å²) in [4.78, 5) is 13.4. The minimum Gasteiger partial charge on any atom is -0.497 e. The molecule has 64 heavy (non-hydrogen) atoms. The van der Waals surface area contributed by atoms with Crippen molar-refractivity contribution < 1.29 is 40.6 Å². The fourth-order valence-corrected chi connectivity index (χ4v) is 9.61. The Kier molecular flexibility index (Phi) is 15.6. The molecule has 0 amide bonds. The van der Waals surface area contributed by atoms with E-state index in [4.69, 9.17) is 18.9 Å². The van der Waals surface area contributed by atoms with Gasteiger partial charge in [0, 0.05) is 65.0 Å². The Morgan fingerprint density at radius 1 is 0.547 bits per heavy atom. The van der Waals surface area contributed by atoms with Crippen LogP contribution in [-0.2, 0) is 66.9 Å². The molecule has 2 aromatic heterocycles. The first-order valence-electron chi connectivity index (χ1n) is 20.4. The van der Waals surface area contributed by atoms with Crippen LogP contribution in [0.2, 0.25) is 0 Å². The third-order valence-electron chi connectivity index (χ3n) is 10.8. The van der Waals surface area contributed by atoms with Gasteiger partial charge in [0.1, 0.15) is 28.7 Å². The molecule has 0 saturated heterocycles. The maximum absolute atomic E-state index is 13.8. The molecule has 0 bridgehead atoms. The number of sulfonamides is 2. The highest BCUT2D eigenvalue weighted by Crippen LogP contribution is 2.29. The number of nitrogens with zero attached hydrogens (tertiary/aromatic N) is 7. The predicted octanol–water partition coefficient (Wildman–Crippen LogP) is 6.06. The lowest BCUT2D eigenvalue weighted by Crippen LogP contribution is -2.30. The summed E-state index contributed by atoms with van der Waals surface area (Å²) >= 11 is 0. The van der Waals surface area contributed by atoms with Crippen LogP contribution in [0.3, 0.4) is 0 Å². The molecule has 6 aromatic rings. The molecule has 0 N–H and O–H groups in total. The zero-order chi connectivity index (χ0) is 46.0. The van der Waals surface area contributed by atoms with Crippen molar-refractivity contribution in [3.63, 3.8) is 0 Å². The van der Waals surface area contributed by atoms with Gasteiger partial charge in [-0.05, 0) is 90.7 Å². The molecule has 1 aliphatic carbocycles. The molecular weight excluding hydrogens is 859 g/mol. The number of carbonyl (C=O) groups excluding carboxylic acids is 1. The van der Waals surface area contributed by atoms with E-state index in [1.54, 1.807) is 70.5 Å². The number of benzene rings is 4. The fraction of sp³-hybridized carbons (Fsp3) is 0.326. The van der Waals surface area contributed by atoms with Crippen molar-refractivity contribution >= 4 is 26.3 Å². The SMILES string of the molecule is COc1ccc(CN(Cc2ccc(OC)cc2)S(=O)(=O)c2cc(C=O)n(C)n2)cc1.COc1ccc(CN(Cc2ccc(OC)cc2)S(=O)(=O)c2cc(CN(C)C3CC3)n(C)n2)cc1. The number of hydrogen-bond donors (Lipinski definition) is 0. The van der Waals surface area contributed by atoms with Crippen LogP contribution in [0.1, 0.15) is 51.3 Å². The van der Waals surface area contributed by atoms with Crippen molar-refractivity contribution in [2.75, 3.05) is 35.5 Å². The number of ether oxygens (including phenoxy) is 4. The van der Waals surface area contributed by atoms with Crippen molar-refractivity contribution in [1.29, 1.82) is 0 Å². The predicted molar refractivity (Wildman–Crippen MR) is 241 cm³/mol. The first-order valence-corrected chi connectivity index (χ1v) is 23.3. The summed E-state index contributed by atoms with van der Waals surface area (Å²) in [6.45, 7) is 1.36. The Balaban J connectivity index is 0.000000214. The van der Waals surface area contributed by atoms with Crippen LogP contribution in [0.15, 0.2) is 119 Å². The smallest absolute Gasteiger partial charge is 0.263 e. The molecule has 0 unspecified atom stereocenters. The second kappa shape index (κ2) is 21.1. The molecule has 2 heterocycles. The summed E-state index contributed by atoms with van der Waals surface area (Å²) in [6.07, 6.45) is 2.96. The van der Waals surface area contributed by atoms with Gasteiger partial charge in [-0.1, -0.05) is 48.5 Å². The van der Waals surface area contributed by atoms with E-state index in [-0.39, 0.29) is 41.9 Å². The van der Waals surface area contributed by atoms with Crippen molar-refractivity contribution in [3.8, 4) is 23.0 Å². The van der Waals surface area contributed by atoms with Crippen LogP contribution in [0.4, 0.5) is 0 Å². The van der Waals surface area contributed by atoms with Gasteiger partial charge in [0.15, 0.2) is 16.3 Å². The second-order valence-electron chi connectivity index (χ2n) is 15.3. The number of carbonyl (C=O) groups is 1. The first kappa shape index (κ1) is 47.4. The third-order valence-corrected chi connectivity index (χ3v) is 14.2. The van der Waals surface area contributed by atoms with E-state index < -0.39 is 20.0 Å². The van der Waals surface area contributed by atoms with Gasteiger partial charge in [-0.15, -0.1) is 0 Å². The molecule has 0 atom stereocenters. The number of methoxy groups -OCH3 is 4. The number of hydrogen-bond acceptors (Lipinski definition) is 12. The monoisotopic (exact) mass is 913 g/mol. The molecule has 0 spiro atoms. The lowest BCUT2D eigenvalue weighted by atomic mass is 10.2. The van der Waals surface area contributed by atoms with Crippen LogP contribution in [-0.4, -0.2) is 97.7 Å². The number of aryl methyl sites for hydroxylation is 2. The van der Waals surface area contributed by atoms with E-state index >= 15 is 0 Å². The highest BCUT2D eigenvalue weighted by atomic mass is 32.2. The van der Waals surface area contributed by atoms with Crippen LogP contribution < -0.4 is 18.9 Å². The molecule has 7 rings (SSSR count). The van der Waals surface area contributed by atoms with Gasteiger partial charge in [0.05, 0.1) is 34.1 Å². The number of aldehydes is 1. The van der Waals surface area contributed by atoms with Gasteiger partial charge in [-0.25, -0.2) is 16.8 Å². The molecule has 0 aliphatic heterocycles. The zero-order valence-corrected chi connectivity index (χ0v) is 38.8. The van der Waals surface area contributed by atoms with Gasteiger partial charge in [-0.2, -0.15) is 18.8 Å². The fourth-order valence-electron chi connectivity index (χ4n) is 6.80. The Morgan fingerprint density at radius 2 is 0.875 bits per heavy atom. The van der Waals surface area contributed by atoms with Crippen LogP contribution in [0.5, 0.6) is 23.0 Å². The van der Waals surface area contributed by atoms with Gasteiger partial charge in [0.2, 0.25) is 0 Å². The van der Waals surface area contributed by atoms with E-state index in [2.05, 4.69) is 22.1 Å². The Morgan fingerprint density at radius 3 is 1.17 bits per heavy atom. The Labute approximate surface area is 375 Å². The summed E-state index contributed by atoms with van der Waals surface area (Å²) in [6, 6.07) is 32.7. The van der Waals surface area contributed by atoms with Crippen molar-refractivity contribution in [2.45, 2.75) is 61.7 Å². The maximum Gasteiger partial charge on any atom is 0.263 e. The van der Waals surface area contributed by atoms with Gasteiger partial charge in [-0.3, -0.25) is 19.1 Å². The summed E-state index contributed by atoms with van der Waals surface area (Å²) in [5, 5.41) is 8.32. The van der Waals surface area contributed by atoms with E-state index in [0.717, 1.165) is 39.4 Å². The van der Waals surface area contributed by atoms with E-state index in [1.807, 2.05) is 72.8 Å². The Hall–Kier alpha value is -6.05. The second-order valence-corrected chi connectivity index (χ2v) is 19.1. The van der Waals surface area contributed by atoms with Gasteiger partial charge >= 0.3 is 0 Å². The van der Waals surface area contributed by atoms with Crippen LogP contribution >= 0.6 is 0 Å². The highest BCUT2D eigenvalue weighted by molar-refractivity contribution is 7.89. The third kappa shape index (κ3) is 11.9. The van der Waals surface area contributed by atoms with E-state index in [1.165, 1.54) is 39.2 Å². The van der Waals surface area contributed by atoms with E-state index in [9.17, 15) is 21.6 Å². The lowest BCUT2D eigenvalue weighted by molar-refractivity contribution is 0.111. The summed E-state index contributed by atoms with van der Waals surface area (Å²) in [5.41, 5.74) is 4.37. The largest absolute Gasteiger partial charge is 0.497 e. The minimum absolute atomic E-state index is 0.0659. The van der Waals surface area contributed by atoms with Crippen molar-refractivity contribution in [2.24, 2.45) is 14.1 Å². The molecule has 340 valence electrons. The summed E-state index contributed by atoms with van der Waals surface area (Å²) in [5.74, 6) is 2.82. The average molecular weight is 914 g/mol. The Bertz CT molecular complexity index is 2580. The molecule has 18 heteroatoms. The van der Waals surface area contributed by atoms with Crippen LogP contribution in [0, 0.1) is 0 Å². The first-order chi connectivity index (χ1) is 30.7. The molecular formula is C46H55N7O9S2. The molecule has 0 radical (unpaired) electrons. The molecule has 1 aliphatic rings. The average Bonchev–Trinajstić information content (AvgIpc) is 4.00. The minimum atomic E-state index is -3.96. The normalized spacial score (nSPS) is 12.8. The number of rotatable bonds is 20. The zero-order valence-electron chi connectivity index (χ0n) is 37.1. The summed E-state index contributed by atoms with van der Waals surface area (Å²) < 4.78 is 80.8. The van der Waals surface area contributed by atoms with Crippen LogP contribution in [0.25, 0.3) is 0 Å². The van der Waals surface area contributed by atoms with Gasteiger partial charge < -0.3 is 18.9 Å². The van der Waals surface area contributed by atoms with Crippen molar-refractivity contribution in [3.05, 3.63) is 143 Å². The van der Waals surface area contributed by atoms with E-state index in [0.29, 0.717) is 30.4 Å².